The van der Waals surface area contributed by atoms with Gasteiger partial charge in [0.1, 0.15) is 5.15 Å². The lowest BCUT2D eigenvalue weighted by molar-refractivity contribution is -0.384. The van der Waals surface area contributed by atoms with Gasteiger partial charge in [0.15, 0.2) is 0 Å². The van der Waals surface area contributed by atoms with Gasteiger partial charge in [0.25, 0.3) is 5.69 Å². The number of allylic oxidation sites excluding steroid dienone is 1. The summed E-state index contributed by atoms with van der Waals surface area (Å²) >= 11 is 5.92. The van der Waals surface area contributed by atoms with E-state index in [2.05, 4.69) is 15.0 Å². The highest BCUT2D eigenvalue weighted by Gasteiger charge is 2.06. The monoisotopic (exact) mass is 367 g/mol. The van der Waals surface area contributed by atoms with Crippen molar-refractivity contribution >= 4 is 40.1 Å². The zero-order chi connectivity index (χ0) is 18.5. The molecule has 1 aromatic carbocycles. The molecule has 0 aliphatic heterocycles. The maximum Gasteiger partial charge on any atom is 0.269 e. The predicted octanol–water partition coefficient (Wildman–Crippen LogP) is 3.76. The molecule has 3 aromatic rings. The quantitative estimate of drug-likeness (QED) is 0.319. The van der Waals surface area contributed by atoms with E-state index in [1.165, 1.54) is 18.3 Å². The standard InChI is InChI=1S/C18H14ClN5O2/c19-18-5-4-16-17(23-18)7-13(11-22-16)14(8-20)10-21-9-12-2-1-3-15(6-12)24(25)26/h1-8,10-11H,9,20H2. The highest BCUT2D eigenvalue weighted by Crippen LogP contribution is 2.19. The number of aliphatic imine (C=N–C) groups is 1. The van der Waals surface area contributed by atoms with Crippen molar-refractivity contribution in [3.8, 4) is 0 Å². The maximum atomic E-state index is 10.8. The van der Waals surface area contributed by atoms with Gasteiger partial charge in [0.2, 0.25) is 0 Å². The average molecular weight is 368 g/mol. The summed E-state index contributed by atoms with van der Waals surface area (Å²) in [6.07, 6.45) is 4.70. The van der Waals surface area contributed by atoms with E-state index in [9.17, 15) is 10.1 Å². The first kappa shape index (κ1) is 17.5. The van der Waals surface area contributed by atoms with Crippen molar-refractivity contribution in [1.82, 2.24) is 9.97 Å². The molecule has 130 valence electrons. The number of hydrogen-bond donors (Lipinski definition) is 1. The van der Waals surface area contributed by atoms with Crippen molar-refractivity contribution in [2.75, 3.05) is 0 Å². The summed E-state index contributed by atoms with van der Waals surface area (Å²) in [5.41, 5.74) is 9.26. The van der Waals surface area contributed by atoms with E-state index in [0.717, 1.165) is 16.6 Å². The number of nitro groups is 1. The van der Waals surface area contributed by atoms with E-state index < -0.39 is 4.92 Å². The first-order chi connectivity index (χ1) is 12.6. The average Bonchev–Trinajstić information content (AvgIpc) is 2.65. The number of nitrogens with two attached hydrogens (primary N) is 1. The molecule has 2 N–H and O–H groups in total. The normalized spacial score (nSPS) is 12.0. The number of non-ortho nitro benzene ring substituents is 1. The van der Waals surface area contributed by atoms with Gasteiger partial charge in [-0.05, 0) is 23.8 Å². The maximum absolute atomic E-state index is 10.8. The van der Waals surface area contributed by atoms with Crippen LogP contribution in [0.1, 0.15) is 11.1 Å². The van der Waals surface area contributed by atoms with Gasteiger partial charge in [-0.1, -0.05) is 23.7 Å². The molecular weight excluding hydrogens is 354 g/mol. The SMILES string of the molecule is NC=C(C=NCc1cccc([N+](=O)[O-])c1)c1cnc2ccc(Cl)nc2c1. The van der Waals surface area contributed by atoms with Crippen LogP contribution in [0.5, 0.6) is 0 Å². The third-order valence-corrected chi connectivity index (χ3v) is 3.85. The van der Waals surface area contributed by atoms with Crippen molar-refractivity contribution in [3.05, 3.63) is 81.3 Å². The van der Waals surface area contributed by atoms with Crippen molar-refractivity contribution in [1.29, 1.82) is 0 Å². The fourth-order valence-electron chi connectivity index (χ4n) is 2.37. The number of pyridine rings is 2. The smallest absolute Gasteiger partial charge is 0.269 e. The fourth-order valence-corrected chi connectivity index (χ4v) is 2.53. The molecule has 0 spiro atoms. The van der Waals surface area contributed by atoms with Crippen LogP contribution in [-0.2, 0) is 6.54 Å². The van der Waals surface area contributed by atoms with E-state index >= 15 is 0 Å². The number of nitro benzene ring substituents is 1. The molecule has 0 saturated heterocycles. The Balaban J connectivity index is 1.80. The molecule has 0 amide bonds. The van der Waals surface area contributed by atoms with Gasteiger partial charge < -0.3 is 5.73 Å². The van der Waals surface area contributed by atoms with Crippen LogP contribution in [0.25, 0.3) is 16.6 Å². The molecule has 0 atom stereocenters. The predicted molar refractivity (Wildman–Crippen MR) is 102 cm³/mol. The molecule has 0 aliphatic carbocycles. The number of benzene rings is 1. The molecule has 0 fully saturated rings. The van der Waals surface area contributed by atoms with Crippen molar-refractivity contribution in [2.24, 2.45) is 10.7 Å². The molecule has 0 aliphatic rings. The van der Waals surface area contributed by atoms with Crippen LogP contribution in [-0.4, -0.2) is 21.1 Å². The zero-order valence-corrected chi connectivity index (χ0v) is 14.3. The third-order valence-electron chi connectivity index (χ3n) is 3.64. The number of halogens is 1. The topological polar surface area (TPSA) is 107 Å². The van der Waals surface area contributed by atoms with Crippen LogP contribution in [0.15, 0.2) is 59.9 Å². The second kappa shape index (κ2) is 7.71. The van der Waals surface area contributed by atoms with Gasteiger partial charge in [0, 0.05) is 41.9 Å². The van der Waals surface area contributed by atoms with Crippen LogP contribution >= 0.6 is 11.6 Å². The van der Waals surface area contributed by atoms with E-state index in [-0.39, 0.29) is 5.69 Å². The highest BCUT2D eigenvalue weighted by molar-refractivity contribution is 6.29. The van der Waals surface area contributed by atoms with Gasteiger partial charge in [-0.25, -0.2) is 4.98 Å². The van der Waals surface area contributed by atoms with E-state index in [1.807, 2.05) is 6.07 Å². The first-order valence-corrected chi connectivity index (χ1v) is 8.02. The van der Waals surface area contributed by atoms with Crippen molar-refractivity contribution in [2.45, 2.75) is 6.54 Å². The Kier molecular flexibility index (Phi) is 5.19. The first-order valence-electron chi connectivity index (χ1n) is 7.64. The molecule has 2 aromatic heterocycles. The van der Waals surface area contributed by atoms with Gasteiger partial charge in [-0.15, -0.1) is 0 Å². The Hall–Kier alpha value is -3.32. The van der Waals surface area contributed by atoms with Crippen LogP contribution in [0.3, 0.4) is 0 Å². The summed E-state index contributed by atoms with van der Waals surface area (Å²) in [6, 6.07) is 11.6. The van der Waals surface area contributed by atoms with Crippen LogP contribution in [0, 0.1) is 10.1 Å². The second-order valence-corrected chi connectivity index (χ2v) is 5.80. The third kappa shape index (κ3) is 4.01. The molecule has 2 heterocycles. The number of nitrogens with zero attached hydrogens (tertiary/aromatic N) is 4. The summed E-state index contributed by atoms with van der Waals surface area (Å²) in [5, 5.41) is 11.2. The Labute approximate surface area is 154 Å². The fraction of sp³-hybridized carbons (Fsp3) is 0.0556. The van der Waals surface area contributed by atoms with Gasteiger partial charge in [0.05, 0.1) is 22.5 Å². The molecule has 0 saturated carbocycles. The van der Waals surface area contributed by atoms with Gasteiger partial charge in [-0.2, -0.15) is 0 Å². The highest BCUT2D eigenvalue weighted by atomic mass is 35.5. The van der Waals surface area contributed by atoms with Crippen LogP contribution in [0.2, 0.25) is 5.15 Å². The van der Waals surface area contributed by atoms with E-state index in [0.29, 0.717) is 22.8 Å². The lowest BCUT2D eigenvalue weighted by Gasteiger charge is -2.04. The second-order valence-electron chi connectivity index (χ2n) is 5.42. The molecule has 8 heteroatoms. The lowest BCUT2D eigenvalue weighted by atomic mass is 10.1. The summed E-state index contributed by atoms with van der Waals surface area (Å²) < 4.78 is 0. The summed E-state index contributed by atoms with van der Waals surface area (Å²) in [4.78, 5) is 23.3. The molecule has 0 radical (unpaired) electrons. The number of hydrogen-bond acceptors (Lipinski definition) is 6. The molecule has 3 rings (SSSR count). The largest absolute Gasteiger partial charge is 0.404 e. The Morgan fingerprint density at radius 2 is 2.12 bits per heavy atom. The van der Waals surface area contributed by atoms with Gasteiger partial charge in [-0.3, -0.25) is 20.1 Å². The van der Waals surface area contributed by atoms with Crippen molar-refractivity contribution < 1.29 is 4.92 Å². The minimum atomic E-state index is -0.433. The molecule has 7 nitrogen and oxygen atoms in total. The van der Waals surface area contributed by atoms with Crippen LogP contribution < -0.4 is 5.73 Å². The number of fused-ring (bicyclic) bond motifs is 1. The molecule has 0 bridgehead atoms. The minimum Gasteiger partial charge on any atom is -0.404 e. The Morgan fingerprint density at radius 3 is 2.88 bits per heavy atom. The number of rotatable bonds is 5. The van der Waals surface area contributed by atoms with Gasteiger partial charge >= 0.3 is 0 Å². The Morgan fingerprint density at radius 1 is 1.27 bits per heavy atom. The molecule has 0 unspecified atom stereocenters. The Bertz CT molecular complexity index is 1030. The number of aromatic nitrogens is 2. The zero-order valence-electron chi connectivity index (χ0n) is 13.5. The minimum absolute atomic E-state index is 0.0361. The van der Waals surface area contributed by atoms with E-state index in [4.69, 9.17) is 17.3 Å². The summed E-state index contributed by atoms with van der Waals surface area (Å²) in [6.45, 7) is 0.296. The molecular formula is C18H14ClN5O2. The molecule has 26 heavy (non-hydrogen) atoms. The van der Waals surface area contributed by atoms with Crippen molar-refractivity contribution in [3.63, 3.8) is 0 Å². The summed E-state index contributed by atoms with van der Waals surface area (Å²) in [7, 11) is 0. The lowest BCUT2D eigenvalue weighted by Crippen LogP contribution is -1.95. The summed E-state index contributed by atoms with van der Waals surface area (Å²) in [5.74, 6) is 0. The van der Waals surface area contributed by atoms with E-state index in [1.54, 1.807) is 36.7 Å². The van der Waals surface area contributed by atoms with Crippen LogP contribution in [0.4, 0.5) is 5.69 Å².